The first-order chi connectivity index (χ1) is 15.9. The third-order valence-electron chi connectivity index (χ3n) is 5.52. The zero-order valence-electron chi connectivity index (χ0n) is 18.5. The molecule has 2 amide bonds. The van der Waals surface area contributed by atoms with Gasteiger partial charge in [0.1, 0.15) is 11.5 Å². The number of urea groups is 1. The van der Waals surface area contributed by atoms with Crippen molar-refractivity contribution in [3.8, 4) is 11.1 Å². The van der Waals surface area contributed by atoms with Crippen LogP contribution in [0, 0.1) is 18.6 Å². The third kappa shape index (κ3) is 4.12. The SMILES string of the molecule is CCN1C(=O)N(c2c(F)cc(NCCNC)cc2F)c2cc(Cl)cc(C)c2-c2cccnc21. The largest absolute Gasteiger partial charge is 0.384 e. The summed E-state index contributed by atoms with van der Waals surface area (Å²) >= 11 is 6.34. The van der Waals surface area contributed by atoms with E-state index in [0.29, 0.717) is 40.7 Å². The average molecular weight is 472 g/mol. The number of nitrogens with one attached hydrogen (secondary N) is 2. The van der Waals surface area contributed by atoms with Gasteiger partial charge in [0.05, 0.1) is 5.69 Å². The van der Waals surface area contributed by atoms with Crippen LogP contribution < -0.4 is 20.4 Å². The molecule has 2 heterocycles. The highest BCUT2D eigenvalue weighted by Gasteiger charge is 2.36. The average Bonchev–Trinajstić information content (AvgIpc) is 2.86. The Morgan fingerprint density at radius 1 is 1.12 bits per heavy atom. The number of anilines is 4. The fraction of sp³-hybridized carbons (Fsp3) is 0.250. The van der Waals surface area contributed by atoms with Gasteiger partial charge in [0.25, 0.3) is 0 Å². The second kappa shape index (κ2) is 9.33. The van der Waals surface area contributed by atoms with Crippen LogP contribution in [-0.4, -0.2) is 37.7 Å². The van der Waals surface area contributed by atoms with E-state index in [1.165, 1.54) is 17.0 Å². The Morgan fingerprint density at radius 3 is 2.52 bits per heavy atom. The molecule has 4 rings (SSSR count). The van der Waals surface area contributed by atoms with Crippen molar-refractivity contribution in [2.75, 3.05) is 41.8 Å². The number of hydrogen-bond donors (Lipinski definition) is 2. The van der Waals surface area contributed by atoms with Crippen molar-refractivity contribution in [1.29, 1.82) is 0 Å². The molecule has 0 aliphatic carbocycles. The van der Waals surface area contributed by atoms with Gasteiger partial charge in [-0.05, 0) is 62.9 Å². The predicted octanol–water partition coefficient (Wildman–Crippen LogP) is 5.72. The molecule has 0 saturated heterocycles. The summed E-state index contributed by atoms with van der Waals surface area (Å²) in [5, 5.41) is 6.28. The van der Waals surface area contributed by atoms with Gasteiger partial charge >= 0.3 is 6.03 Å². The number of benzene rings is 2. The quantitative estimate of drug-likeness (QED) is 0.451. The van der Waals surface area contributed by atoms with Crippen LogP contribution in [0.2, 0.25) is 5.02 Å². The Hall–Kier alpha value is -3.23. The predicted molar refractivity (Wildman–Crippen MR) is 129 cm³/mol. The minimum atomic E-state index is -0.867. The van der Waals surface area contributed by atoms with Crippen LogP contribution in [-0.2, 0) is 0 Å². The third-order valence-corrected chi connectivity index (χ3v) is 5.73. The molecular formula is C24H24ClF2N5O. The summed E-state index contributed by atoms with van der Waals surface area (Å²) < 4.78 is 30.8. The number of halogens is 3. The first-order valence-electron chi connectivity index (χ1n) is 10.6. The number of aromatic nitrogens is 1. The van der Waals surface area contributed by atoms with Crippen LogP contribution in [0.1, 0.15) is 12.5 Å². The highest BCUT2D eigenvalue weighted by Crippen LogP contribution is 2.47. The molecule has 0 radical (unpaired) electrons. The molecule has 0 bridgehead atoms. The Morgan fingerprint density at radius 2 is 1.85 bits per heavy atom. The normalized spacial score (nSPS) is 13.0. The van der Waals surface area contributed by atoms with Gasteiger partial charge < -0.3 is 10.6 Å². The van der Waals surface area contributed by atoms with Crippen LogP contribution in [0.15, 0.2) is 42.6 Å². The van der Waals surface area contributed by atoms with Crippen LogP contribution in [0.4, 0.5) is 36.5 Å². The molecule has 0 unspecified atom stereocenters. The van der Waals surface area contributed by atoms with Crippen molar-refractivity contribution >= 4 is 40.5 Å². The number of aryl methyl sites for hydroxylation is 1. The van der Waals surface area contributed by atoms with Gasteiger partial charge in [-0.25, -0.2) is 18.6 Å². The number of fused-ring (bicyclic) bond motifs is 3. The van der Waals surface area contributed by atoms with Crippen molar-refractivity contribution in [3.05, 3.63) is 64.8 Å². The van der Waals surface area contributed by atoms with E-state index in [-0.39, 0.29) is 12.2 Å². The molecule has 1 aliphatic rings. The lowest BCUT2D eigenvalue weighted by atomic mass is 9.98. The molecule has 3 aromatic rings. The standard InChI is InChI=1S/C24H24ClF2N5O/c1-4-31-23-17(6-5-7-30-23)21-14(2)10-15(25)11-20(21)32(24(31)33)22-18(26)12-16(13-19(22)27)29-9-8-28-3/h5-7,10-13,28-29H,4,8-9H2,1-3H3. The summed E-state index contributed by atoms with van der Waals surface area (Å²) in [6, 6.07) is 8.65. The van der Waals surface area contributed by atoms with Crippen LogP contribution >= 0.6 is 11.6 Å². The molecule has 0 fully saturated rings. The fourth-order valence-corrected chi connectivity index (χ4v) is 4.35. The van der Waals surface area contributed by atoms with Gasteiger partial charge in [-0.3, -0.25) is 9.80 Å². The number of amides is 2. The van der Waals surface area contributed by atoms with Gasteiger partial charge in [-0.15, -0.1) is 0 Å². The maximum absolute atomic E-state index is 15.4. The first kappa shape index (κ1) is 22.9. The summed E-state index contributed by atoms with van der Waals surface area (Å²) in [4.78, 5) is 20.6. The molecule has 1 aliphatic heterocycles. The molecule has 6 nitrogen and oxygen atoms in total. The van der Waals surface area contributed by atoms with E-state index in [1.54, 1.807) is 38.4 Å². The van der Waals surface area contributed by atoms with E-state index < -0.39 is 23.4 Å². The van der Waals surface area contributed by atoms with Crippen LogP contribution in [0.5, 0.6) is 0 Å². The summed E-state index contributed by atoms with van der Waals surface area (Å²) in [5.74, 6) is -1.31. The van der Waals surface area contributed by atoms with E-state index in [1.807, 2.05) is 13.0 Å². The van der Waals surface area contributed by atoms with Crippen molar-refractivity contribution < 1.29 is 13.6 Å². The lowest BCUT2D eigenvalue weighted by Crippen LogP contribution is -2.41. The van der Waals surface area contributed by atoms with E-state index in [0.717, 1.165) is 10.5 Å². The number of hydrogen-bond acceptors (Lipinski definition) is 4. The van der Waals surface area contributed by atoms with E-state index in [9.17, 15) is 4.79 Å². The van der Waals surface area contributed by atoms with E-state index in [2.05, 4.69) is 15.6 Å². The van der Waals surface area contributed by atoms with Gasteiger partial charge in [0.2, 0.25) is 0 Å². The lowest BCUT2D eigenvalue weighted by molar-refractivity contribution is 0.253. The number of pyridine rings is 1. The molecule has 0 spiro atoms. The molecular weight excluding hydrogens is 448 g/mol. The zero-order chi connectivity index (χ0) is 23.7. The highest BCUT2D eigenvalue weighted by atomic mass is 35.5. The Kier molecular flexibility index (Phi) is 6.49. The number of rotatable bonds is 6. The number of nitrogens with zero attached hydrogens (tertiary/aromatic N) is 3. The maximum atomic E-state index is 15.4. The maximum Gasteiger partial charge on any atom is 0.334 e. The second-order valence-corrected chi connectivity index (χ2v) is 8.11. The first-order valence-corrected chi connectivity index (χ1v) is 11.0. The van der Waals surface area contributed by atoms with Crippen molar-refractivity contribution in [3.63, 3.8) is 0 Å². The topological polar surface area (TPSA) is 60.5 Å². The monoisotopic (exact) mass is 471 g/mol. The summed E-state index contributed by atoms with van der Waals surface area (Å²) in [7, 11) is 1.79. The molecule has 1 aromatic heterocycles. The summed E-state index contributed by atoms with van der Waals surface area (Å²) in [6.45, 7) is 4.99. The zero-order valence-corrected chi connectivity index (χ0v) is 19.3. The van der Waals surface area contributed by atoms with E-state index in [4.69, 9.17) is 11.6 Å². The van der Waals surface area contributed by atoms with Crippen molar-refractivity contribution in [2.45, 2.75) is 13.8 Å². The molecule has 172 valence electrons. The molecule has 9 heteroatoms. The van der Waals surface area contributed by atoms with Gasteiger partial charge in [0, 0.05) is 47.7 Å². The number of likely N-dealkylation sites (N-methyl/N-ethyl adjacent to an activating group) is 1. The molecule has 0 saturated carbocycles. The van der Waals surface area contributed by atoms with Gasteiger partial charge in [-0.1, -0.05) is 11.6 Å². The lowest BCUT2D eigenvalue weighted by Gasteiger charge is -2.28. The van der Waals surface area contributed by atoms with Crippen LogP contribution in [0.3, 0.4) is 0 Å². The molecule has 2 aromatic carbocycles. The Labute approximate surface area is 196 Å². The minimum absolute atomic E-state index is 0.257. The highest BCUT2D eigenvalue weighted by molar-refractivity contribution is 6.31. The number of carbonyl (C=O) groups is 1. The van der Waals surface area contributed by atoms with Crippen LogP contribution in [0.25, 0.3) is 11.1 Å². The molecule has 0 atom stereocenters. The Balaban J connectivity index is 1.96. The van der Waals surface area contributed by atoms with Gasteiger partial charge in [0.15, 0.2) is 11.6 Å². The Bertz CT molecular complexity index is 1200. The number of carbonyl (C=O) groups excluding carboxylic acids is 1. The molecule has 33 heavy (non-hydrogen) atoms. The summed E-state index contributed by atoms with van der Waals surface area (Å²) in [5.41, 5.74) is 2.20. The molecule has 2 N–H and O–H groups in total. The van der Waals surface area contributed by atoms with Crippen molar-refractivity contribution in [1.82, 2.24) is 10.3 Å². The van der Waals surface area contributed by atoms with Crippen molar-refractivity contribution in [2.24, 2.45) is 0 Å². The fourth-order valence-electron chi connectivity index (χ4n) is 4.09. The second-order valence-electron chi connectivity index (χ2n) is 7.67. The minimum Gasteiger partial charge on any atom is -0.384 e. The van der Waals surface area contributed by atoms with E-state index >= 15 is 8.78 Å². The van der Waals surface area contributed by atoms with Gasteiger partial charge in [-0.2, -0.15) is 0 Å². The summed E-state index contributed by atoms with van der Waals surface area (Å²) in [6.07, 6.45) is 1.59. The smallest absolute Gasteiger partial charge is 0.334 e.